The van der Waals surface area contributed by atoms with E-state index >= 15 is 4.39 Å². The number of amides is 2. The molecular formula is C23H22FN3O2. The summed E-state index contributed by atoms with van der Waals surface area (Å²) in [7, 11) is 0. The van der Waals surface area contributed by atoms with Crippen LogP contribution in [0, 0.1) is 11.7 Å². The van der Waals surface area contributed by atoms with E-state index in [0.717, 1.165) is 35.2 Å². The number of nitrogens with zero attached hydrogens (tertiary/aromatic N) is 2. The Balaban J connectivity index is 1.61. The zero-order valence-corrected chi connectivity index (χ0v) is 16.0. The molecule has 2 amide bonds. The smallest absolute Gasteiger partial charge is 0.249 e. The summed E-state index contributed by atoms with van der Waals surface area (Å²) < 4.78 is 15.4. The zero-order chi connectivity index (χ0) is 20.3. The van der Waals surface area contributed by atoms with Crippen molar-refractivity contribution in [1.29, 1.82) is 0 Å². The van der Waals surface area contributed by atoms with Crippen LogP contribution >= 0.6 is 0 Å². The molecule has 2 atom stereocenters. The number of benzene rings is 2. The van der Waals surface area contributed by atoms with Gasteiger partial charge in [0.05, 0.1) is 11.7 Å². The predicted molar refractivity (Wildman–Crippen MR) is 109 cm³/mol. The Bertz CT molecular complexity index is 1060. The van der Waals surface area contributed by atoms with Crippen molar-refractivity contribution < 1.29 is 14.0 Å². The Morgan fingerprint density at radius 1 is 1.24 bits per heavy atom. The highest BCUT2D eigenvalue weighted by atomic mass is 19.1. The maximum atomic E-state index is 15.4. The Hall–Kier alpha value is -3.15. The molecule has 0 aromatic heterocycles. The lowest BCUT2D eigenvalue weighted by Gasteiger charge is -2.27. The standard InChI is InChI=1S/C23H22FN3O2/c1-2-20(28)27-8-7-14-11-26(12-19(14)27)22-18(24)10-17(23(25)29)16-9-13-5-3-4-6-15(13)21(16)22/h2-6,10,14,19H,1,7-9,11-12H2,(H2,25,29). The van der Waals surface area contributed by atoms with Gasteiger partial charge in [-0.15, -0.1) is 0 Å². The Morgan fingerprint density at radius 2 is 2.03 bits per heavy atom. The van der Waals surface area contributed by atoms with Crippen LogP contribution in [0.1, 0.15) is 27.9 Å². The minimum Gasteiger partial charge on any atom is -0.366 e. The fourth-order valence-corrected chi connectivity index (χ4v) is 5.33. The average Bonchev–Trinajstić information content (AvgIpc) is 3.39. The van der Waals surface area contributed by atoms with Crippen molar-refractivity contribution >= 4 is 17.5 Å². The van der Waals surface area contributed by atoms with Gasteiger partial charge in [-0.3, -0.25) is 9.59 Å². The molecule has 0 bridgehead atoms. The number of carbonyl (C=O) groups excluding carboxylic acids is 2. The maximum Gasteiger partial charge on any atom is 0.249 e. The van der Waals surface area contributed by atoms with Crippen LogP contribution in [0.4, 0.5) is 10.1 Å². The Morgan fingerprint density at radius 3 is 2.79 bits per heavy atom. The molecular weight excluding hydrogens is 369 g/mol. The van der Waals surface area contributed by atoms with Gasteiger partial charge in [-0.2, -0.15) is 0 Å². The topological polar surface area (TPSA) is 66.6 Å². The molecule has 148 valence electrons. The number of hydrogen-bond donors (Lipinski definition) is 1. The SMILES string of the molecule is C=CC(=O)N1CCC2CN(c3c(F)cc(C(N)=O)c4c3-c3ccccc3C4)CC21. The van der Waals surface area contributed by atoms with Gasteiger partial charge in [-0.05, 0) is 41.7 Å². The van der Waals surface area contributed by atoms with Crippen molar-refractivity contribution in [2.45, 2.75) is 18.9 Å². The van der Waals surface area contributed by atoms with Gasteiger partial charge in [0.15, 0.2) is 0 Å². The van der Waals surface area contributed by atoms with E-state index < -0.39 is 11.7 Å². The van der Waals surface area contributed by atoms with Crippen molar-refractivity contribution in [3.63, 3.8) is 0 Å². The molecule has 0 spiro atoms. The lowest BCUT2D eigenvalue weighted by atomic mass is 9.97. The summed E-state index contributed by atoms with van der Waals surface area (Å²) in [5.41, 5.74) is 9.93. The fraction of sp³-hybridized carbons (Fsp3) is 0.304. The van der Waals surface area contributed by atoms with Gasteiger partial charge < -0.3 is 15.5 Å². The molecule has 5 rings (SSSR count). The second-order valence-electron chi connectivity index (χ2n) is 8.06. The van der Waals surface area contributed by atoms with Gasteiger partial charge in [0.2, 0.25) is 11.8 Å². The first-order valence-corrected chi connectivity index (χ1v) is 9.91. The summed E-state index contributed by atoms with van der Waals surface area (Å²) in [5.74, 6) is -0.808. The number of anilines is 1. The van der Waals surface area contributed by atoms with E-state index in [0.29, 0.717) is 31.1 Å². The number of primary amides is 1. The number of fused-ring (bicyclic) bond motifs is 4. The van der Waals surface area contributed by atoms with Crippen LogP contribution in [0.3, 0.4) is 0 Å². The number of hydrogen-bond acceptors (Lipinski definition) is 3. The highest BCUT2D eigenvalue weighted by Crippen LogP contribution is 2.47. The van der Waals surface area contributed by atoms with Gasteiger partial charge >= 0.3 is 0 Å². The largest absolute Gasteiger partial charge is 0.366 e. The molecule has 0 radical (unpaired) electrons. The molecule has 2 saturated heterocycles. The van der Waals surface area contributed by atoms with Gasteiger partial charge in [0.1, 0.15) is 5.82 Å². The monoisotopic (exact) mass is 391 g/mol. The second kappa shape index (κ2) is 6.44. The number of likely N-dealkylation sites (tertiary alicyclic amines) is 1. The lowest BCUT2D eigenvalue weighted by molar-refractivity contribution is -0.126. The third kappa shape index (κ3) is 2.58. The summed E-state index contributed by atoms with van der Waals surface area (Å²) in [6, 6.07) is 9.19. The first kappa shape index (κ1) is 17.9. The molecule has 2 unspecified atom stereocenters. The van der Waals surface area contributed by atoms with E-state index in [9.17, 15) is 9.59 Å². The molecule has 2 N–H and O–H groups in total. The molecule has 3 aliphatic rings. The highest BCUT2D eigenvalue weighted by Gasteiger charge is 2.44. The Kier molecular flexibility index (Phi) is 3.98. The highest BCUT2D eigenvalue weighted by molar-refractivity contribution is 6.01. The summed E-state index contributed by atoms with van der Waals surface area (Å²) in [5, 5.41) is 0. The molecule has 0 saturated carbocycles. The van der Waals surface area contributed by atoms with Crippen LogP contribution in [-0.4, -0.2) is 42.4 Å². The zero-order valence-electron chi connectivity index (χ0n) is 16.0. The third-order valence-electron chi connectivity index (χ3n) is 6.60. The van der Waals surface area contributed by atoms with E-state index in [1.807, 2.05) is 34.1 Å². The molecule has 1 aliphatic carbocycles. The van der Waals surface area contributed by atoms with Gasteiger partial charge in [0, 0.05) is 36.7 Å². The quantitative estimate of drug-likeness (QED) is 0.698. The van der Waals surface area contributed by atoms with Crippen molar-refractivity contribution in [2.75, 3.05) is 24.5 Å². The number of halogens is 1. The molecule has 2 fully saturated rings. The molecule has 2 aliphatic heterocycles. The van der Waals surface area contributed by atoms with E-state index in [-0.39, 0.29) is 17.5 Å². The maximum absolute atomic E-state index is 15.4. The number of nitrogens with two attached hydrogens (primary N) is 1. The molecule has 2 aromatic carbocycles. The second-order valence-corrected chi connectivity index (χ2v) is 8.06. The summed E-state index contributed by atoms with van der Waals surface area (Å²) >= 11 is 0. The summed E-state index contributed by atoms with van der Waals surface area (Å²) in [4.78, 5) is 28.1. The normalized spacial score (nSPS) is 21.7. The van der Waals surface area contributed by atoms with Crippen molar-refractivity contribution in [2.24, 2.45) is 11.7 Å². The predicted octanol–water partition coefficient (Wildman–Crippen LogP) is 2.72. The van der Waals surface area contributed by atoms with E-state index in [2.05, 4.69) is 6.58 Å². The van der Waals surface area contributed by atoms with Gasteiger partial charge in [-0.25, -0.2) is 4.39 Å². The van der Waals surface area contributed by atoms with Crippen LogP contribution in [0.5, 0.6) is 0 Å². The minimum atomic E-state index is -0.611. The summed E-state index contributed by atoms with van der Waals surface area (Å²) in [6.07, 6.45) is 2.82. The molecule has 6 heteroatoms. The first-order chi connectivity index (χ1) is 14.0. The van der Waals surface area contributed by atoms with Crippen molar-refractivity contribution in [1.82, 2.24) is 4.90 Å². The Labute approximate surface area is 168 Å². The molecule has 5 nitrogen and oxygen atoms in total. The summed E-state index contributed by atoms with van der Waals surface area (Å²) in [6.45, 7) is 5.58. The first-order valence-electron chi connectivity index (χ1n) is 9.91. The van der Waals surface area contributed by atoms with E-state index in [1.165, 1.54) is 12.1 Å². The van der Waals surface area contributed by atoms with Crippen molar-refractivity contribution in [3.05, 3.63) is 65.5 Å². The number of rotatable bonds is 3. The van der Waals surface area contributed by atoms with Crippen LogP contribution in [0.2, 0.25) is 0 Å². The molecule has 2 aromatic rings. The van der Waals surface area contributed by atoms with Gasteiger partial charge in [0.25, 0.3) is 0 Å². The molecule has 29 heavy (non-hydrogen) atoms. The van der Waals surface area contributed by atoms with Crippen molar-refractivity contribution in [3.8, 4) is 11.1 Å². The van der Waals surface area contributed by atoms with E-state index in [4.69, 9.17) is 5.73 Å². The average molecular weight is 391 g/mol. The lowest BCUT2D eigenvalue weighted by Crippen LogP contribution is -2.39. The fourth-order valence-electron chi connectivity index (χ4n) is 5.33. The third-order valence-corrected chi connectivity index (χ3v) is 6.60. The van der Waals surface area contributed by atoms with E-state index in [1.54, 1.807) is 0 Å². The molecule has 2 heterocycles. The minimum absolute atomic E-state index is 0.0583. The van der Waals surface area contributed by atoms with Crippen LogP contribution in [0.25, 0.3) is 11.1 Å². The van der Waals surface area contributed by atoms with Crippen LogP contribution < -0.4 is 10.6 Å². The number of carbonyl (C=O) groups is 2. The van der Waals surface area contributed by atoms with Crippen LogP contribution in [-0.2, 0) is 11.2 Å². The van der Waals surface area contributed by atoms with Gasteiger partial charge in [-0.1, -0.05) is 30.8 Å². The van der Waals surface area contributed by atoms with Crippen LogP contribution in [0.15, 0.2) is 43.0 Å².